The van der Waals surface area contributed by atoms with E-state index in [9.17, 15) is 10.5 Å². The number of hydrogen-bond donors (Lipinski definition) is 1. The summed E-state index contributed by atoms with van der Waals surface area (Å²) in [7, 11) is 0. The maximum atomic E-state index is 12.4. The summed E-state index contributed by atoms with van der Waals surface area (Å²) < 4.78 is 0. The fourth-order valence-electron chi connectivity index (χ4n) is 4.57. The lowest BCUT2D eigenvalue weighted by Gasteiger charge is -2.40. The van der Waals surface area contributed by atoms with Gasteiger partial charge in [0, 0.05) is 60.4 Å². The molecular formula is C25H24ClN7OS. The Bertz CT molecular complexity index is 1260. The van der Waals surface area contributed by atoms with Gasteiger partial charge in [-0.1, -0.05) is 29.8 Å². The highest BCUT2D eigenvalue weighted by Crippen LogP contribution is 2.42. The van der Waals surface area contributed by atoms with Crippen molar-refractivity contribution in [1.29, 1.82) is 5.26 Å². The van der Waals surface area contributed by atoms with Crippen LogP contribution in [0, 0.1) is 16.7 Å². The lowest BCUT2D eigenvalue weighted by atomic mass is 9.97. The summed E-state index contributed by atoms with van der Waals surface area (Å²) in [4.78, 5) is 18.9. The molecule has 0 radical (unpaired) electrons. The van der Waals surface area contributed by atoms with E-state index in [1.54, 1.807) is 30.3 Å². The Hall–Kier alpha value is -3.00. The second-order valence-corrected chi connectivity index (χ2v) is 9.84. The van der Waals surface area contributed by atoms with Crippen molar-refractivity contribution in [3.8, 4) is 6.19 Å². The lowest BCUT2D eigenvalue weighted by Crippen LogP contribution is -3.08. The fourth-order valence-corrected chi connectivity index (χ4v) is 5.91. The summed E-state index contributed by atoms with van der Waals surface area (Å²) in [5.41, 5.74) is 4.37. The average molecular weight is 506 g/mol. The zero-order valence-electron chi connectivity index (χ0n) is 19.0. The summed E-state index contributed by atoms with van der Waals surface area (Å²) in [6.45, 7) is 2.90. The first-order valence-corrected chi connectivity index (χ1v) is 12.7. The number of hydrogen-bond acceptors (Lipinski definition) is 7. The molecule has 0 amide bonds. The van der Waals surface area contributed by atoms with Gasteiger partial charge in [-0.15, -0.1) is 17.0 Å². The number of nitrogens with one attached hydrogen (secondary N) is 1. The second kappa shape index (κ2) is 10.7. The Labute approximate surface area is 213 Å². The summed E-state index contributed by atoms with van der Waals surface area (Å²) >= 11 is 8.11. The Balaban J connectivity index is 1.39. The number of hydroxylamine groups is 2. The van der Waals surface area contributed by atoms with Gasteiger partial charge in [0.1, 0.15) is 0 Å². The van der Waals surface area contributed by atoms with E-state index in [1.807, 2.05) is 41.4 Å². The molecule has 3 aromatic rings. The van der Waals surface area contributed by atoms with Crippen LogP contribution in [0.15, 0.2) is 70.9 Å². The average Bonchev–Trinajstić information content (AvgIpc) is 3.06. The highest BCUT2D eigenvalue weighted by molar-refractivity contribution is 7.98. The molecule has 2 atom stereocenters. The molecule has 0 saturated carbocycles. The number of aromatic nitrogens is 2. The molecule has 178 valence electrons. The zero-order chi connectivity index (χ0) is 24.2. The molecule has 0 bridgehead atoms. The molecule has 1 N–H and O–H groups in total. The van der Waals surface area contributed by atoms with Crippen molar-refractivity contribution in [2.75, 3.05) is 26.2 Å². The monoisotopic (exact) mass is 505 g/mol. The molecule has 2 aliphatic rings. The molecule has 8 nitrogen and oxygen atoms in total. The smallest absolute Gasteiger partial charge is 0.315 e. The highest BCUT2D eigenvalue weighted by Gasteiger charge is 2.34. The Kier molecular flexibility index (Phi) is 7.27. The first-order valence-electron chi connectivity index (χ1n) is 11.4. The second-order valence-electron chi connectivity index (χ2n) is 8.39. The zero-order valence-corrected chi connectivity index (χ0v) is 20.5. The van der Waals surface area contributed by atoms with Crippen LogP contribution in [0.2, 0.25) is 5.02 Å². The van der Waals surface area contributed by atoms with Gasteiger partial charge < -0.3 is 10.1 Å². The molecule has 0 spiro atoms. The summed E-state index contributed by atoms with van der Waals surface area (Å²) in [5, 5.41) is 21.9. The van der Waals surface area contributed by atoms with Crippen molar-refractivity contribution in [2.24, 2.45) is 4.99 Å². The third kappa shape index (κ3) is 5.17. The van der Waals surface area contributed by atoms with Crippen molar-refractivity contribution in [3.05, 3.63) is 93.7 Å². The van der Waals surface area contributed by atoms with Crippen molar-refractivity contribution in [1.82, 2.24) is 19.8 Å². The number of halogens is 1. The summed E-state index contributed by atoms with van der Waals surface area (Å²) in [6, 6.07) is 13.9. The minimum absolute atomic E-state index is 0.00179. The van der Waals surface area contributed by atoms with E-state index in [4.69, 9.17) is 16.6 Å². The molecule has 1 aromatic carbocycles. The molecule has 0 aliphatic carbocycles. The van der Waals surface area contributed by atoms with E-state index in [0.29, 0.717) is 32.7 Å². The van der Waals surface area contributed by atoms with E-state index >= 15 is 0 Å². The molecule has 35 heavy (non-hydrogen) atoms. The number of guanidine groups is 1. The molecule has 2 aliphatic heterocycles. The van der Waals surface area contributed by atoms with Crippen LogP contribution < -0.4 is 5.06 Å². The molecular weight excluding hydrogens is 482 g/mol. The van der Waals surface area contributed by atoms with Crippen LogP contribution in [-0.2, 0) is 12.3 Å². The maximum Gasteiger partial charge on any atom is 0.315 e. The molecule has 1 fully saturated rings. The van der Waals surface area contributed by atoms with Crippen LogP contribution >= 0.6 is 23.4 Å². The van der Waals surface area contributed by atoms with Gasteiger partial charge in [0.15, 0.2) is 0 Å². The van der Waals surface area contributed by atoms with Crippen molar-refractivity contribution >= 4 is 29.3 Å². The Morgan fingerprint density at radius 2 is 2.03 bits per heavy atom. The predicted molar refractivity (Wildman–Crippen MR) is 136 cm³/mol. The van der Waals surface area contributed by atoms with E-state index in [2.05, 4.69) is 27.0 Å². The molecule has 10 heteroatoms. The van der Waals surface area contributed by atoms with Crippen LogP contribution in [0.1, 0.15) is 28.4 Å². The number of nitrogens with zero attached hydrogens (tertiary/aromatic N) is 6. The third-order valence-electron chi connectivity index (χ3n) is 6.26. The van der Waals surface area contributed by atoms with E-state index in [0.717, 1.165) is 22.0 Å². The minimum atomic E-state index is -0.611. The SMILES string of the molecule is N#C[NH+]([O-])/C(=N\Cc1cccnc1)N1CCN(C2c3ccc(Cl)cc3SCc3cccnc32)CC1. The largest absolute Gasteiger partial charge is 0.611 e. The number of nitriles is 1. The number of benzene rings is 1. The number of aliphatic imine (C=N–C) groups is 1. The Morgan fingerprint density at radius 1 is 1.20 bits per heavy atom. The molecule has 1 saturated heterocycles. The topological polar surface area (TPSA) is 95.9 Å². The van der Waals surface area contributed by atoms with Gasteiger partial charge in [0.25, 0.3) is 0 Å². The van der Waals surface area contributed by atoms with Gasteiger partial charge in [0.2, 0.25) is 0 Å². The number of piperazine rings is 1. The van der Waals surface area contributed by atoms with Gasteiger partial charge in [-0.25, -0.2) is 10.1 Å². The van der Waals surface area contributed by atoms with Crippen LogP contribution in [0.25, 0.3) is 0 Å². The van der Waals surface area contributed by atoms with Gasteiger partial charge in [-0.2, -0.15) is 0 Å². The van der Waals surface area contributed by atoms with Crippen LogP contribution in [0.4, 0.5) is 0 Å². The van der Waals surface area contributed by atoms with Crippen molar-refractivity contribution < 1.29 is 5.06 Å². The lowest BCUT2D eigenvalue weighted by molar-refractivity contribution is -0.675. The predicted octanol–water partition coefficient (Wildman–Crippen LogP) is 2.86. The van der Waals surface area contributed by atoms with Gasteiger partial charge in [-0.05, 0) is 41.0 Å². The Morgan fingerprint density at radius 3 is 2.80 bits per heavy atom. The molecule has 4 heterocycles. The number of thioether (sulfide) groups is 1. The standard InChI is InChI=1S/C25H24ClN7OS/c26-20-5-6-21-22(13-20)35-16-19-4-2-8-29-23(19)24(21)31-9-11-32(12-10-31)25(33(34)17-27)30-15-18-3-1-7-28-14-18/h1-8,13-14,24,33H,9-12,15-16H2/b30-25-. The molecule has 5 rings (SSSR count). The molecule has 2 unspecified atom stereocenters. The van der Waals surface area contributed by atoms with Gasteiger partial charge in [0.05, 0.1) is 18.3 Å². The number of pyridine rings is 2. The van der Waals surface area contributed by atoms with Crippen molar-refractivity contribution in [3.63, 3.8) is 0 Å². The van der Waals surface area contributed by atoms with Crippen LogP contribution in [-0.4, -0.2) is 51.9 Å². The van der Waals surface area contributed by atoms with Crippen molar-refractivity contribution in [2.45, 2.75) is 23.2 Å². The first-order chi connectivity index (χ1) is 17.1. The fraction of sp³-hybridized carbons (Fsp3) is 0.280. The number of rotatable bonds is 3. The van der Waals surface area contributed by atoms with Crippen LogP contribution in [0.5, 0.6) is 0 Å². The summed E-state index contributed by atoms with van der Waals surface area (Å²) in [6.07, 6.45) is 7.01. The summed E-state index contributed by atoms with van der Waals surface area (Å²) in [5.74, 6) is 1.06. The number of fused-ring (bicyclic) bond motifs is 2. The van der Waals surface area contributed by atoms with E-state index in [-0.39, 0.29) is 12.0 Å². The first kappa shape index (κ1) is 23.7. The van der Waals surface area contributed by atoms with E-state index < -0.39 is 5.06 Å². The number of quaternary nitrogens is 1. The quantitative estimate of drug-likeness (QED) is 0.253. The normalized spacial score (nSPS) is 19.3. The highest BCUT2D eigenvalue weighted by atomic mass is 35.5. The van der Waals surface area contributed by atoms with Gasteiger partial charge >= 0.3 is 12.2 Å². The van der Waals surface area contributed by atoms with Gasteiger partial charge in [-0.3, -0.25) is 14.9 Å². The maximum absolute atomic E-state index is 12.4. The molecule has 2 aromatic heterocycles. The van der Waals surface area contributed by atoms with E-state index in [1.165, 1.54) is 16.0 Å². The van der Waals surface area contributed by atoms with Crippen LogP contribution in [0.3, 0.4) is 0 Å². The third-order valence-corrected chi connectivity index (χ3v) is 7.61. The minimum Gasteiger partial charge on any atom is -0.611 e.